The maximum Gasteiger partial charge on any atom is 0.338 e. The summed E-state index contributed by atoms with van der Waals surface area (Å²) < 4.78 is 15.8. The molecule has 0 aliphatic carbocycles. The van der Waals surface area contributed by atoms with E-state index in [1.807, 2.05) is 6.92 Å². The van der Waals surface area contributed by atoms with Crippen molar-refractivity contribution in [2.45, 2.75) is 19.8 Å². The fourth-order valence-electron chi connectivity index (χ4n) is 1.45. The number of ether oxygens (including phenoxy) is 3. The van der Waals surface area contributed by atoms with Gasteiger partial charge in [-0.2, -0.15) is 0 Å². The van der Waals surface area contributed by atoms with E-state index in [0.717, 1.165) is 12.8 Å². The standard InChI is InChI=1S/C15H20O4/c1-4-6-8-19-14-10-12(15(16)17-3)9-13(11-14)18-7-5-2/h4,9-11H,1,5-8H2,2-3H3. The second-order valence-electron chi connectivity index (χ2n) is 3.96. The van der Waals surface area contributed by atoms with Gasteiger partial charge in [0.1, 0.15) is 11.5 Å². The van der Waals surface area contributed by atoms with E-state index in [9.17, 15) is 4.79 Å². The van der Waals surface area contributed by atoms with Crippen molar-refractivity contribution in [3.63, 3.8) is 0 Å². The highest BCUT2D eigenvalue weighted by Gasteiger charge is 2.10. The molecular formula is C15H20O4. The smallest absolute Gasteiger partial charge is 0.338 e. The molecule has 0 radical (unpaired) electrons. The summed E-state index contributed by atoms with van der Waals surface area (Å²) in [6.07, 6.45) is 3.42. The molecule has 104 valence electrons. The minimum absolute atomic E-state index is 0.407. The van der Waals surface area contributed by atoms with Crippen LogP contribution in [0.15, 0.2) is 30.9 Å². The van der Waals surface area contributed by atoms with Crippen LogP contribution in [0.3, 0.4) is 0 Å². The molecule has 0 heterocycles. The Morgan fingerprint density at radius 2 is 1.84 bits per heavy atom. The minimum Gasteiger partial charge on any atom is -0.493 e. The van der Waals surface area contributed by atoms with E-state index in [2.05, 4.69) is 6.58 Å². The van der Waals surface area contributed by atoms with Gasteiger partial charge in [0.05, 0.1) is 25.9 Å². The van der Waals surface area contributed by atoms with Gasteiger partial charge in [-0.1, -0.05) is 13.0 Å². The van der Waals surface area contributed by atoms with Crippen LogP contribution < -0.4 is 9.47 Å². The Labute approximate surface area is 114 Å². The van der Waals surface area contributed by atoms with Crippen LogP contribution in [0.1, 0.15) is 30.1 Å². The first kappa shape index (κ1) is 15.1. The monoisotopic (exact) mass is 264 g/mol. The van der Waals surface area contributed by atoms with Gasteiger partial charge >= 0.3 is 5.97 Å². The number of carbonyl (C=O) groups excluding carboxylic acids is 1. The molecule has 0 aliphatic rings. The van der Waals surface area contributed by atoms with Gasteiger partial charge in [-0.3, -0.25) is 0 Å². The Morgan fingerprint density at radius 1 is 1.21 bits per heavy atom. The predicted octanol–water partition coefficient (Wildman–Crippen LogP) is 3.22. The highest BCUT2D eigenvalue weighted by Crippen LogP contribution is 2.24. The molecule has 0 saturated carbocycles. The zero-order valence-corrected chi connectivity index (χ0v) is 11.5. The van der Waals surface area contributed by atoms with E-state index in [1.165, 1.54) is 7.11 Å². The summed E-state index contributed by atoms with van der Waals surface area (Å²) in [4.78, 5) is 11.6. The molecule has 1 aromatic carbocycles. The first-order valence-corrected chi connectivity index (χ1v) is 6.31. The van der Waals surface area contributed by atoms with Gasteiger partial charge < -0.3 is 14.2 Å². The molecule has 0 aliphatic heterocycles. The first-order chi connectivity index (χ1) is 9.21. The van der Waals surface area contributed by atoms with Gasteiger partial charge in [-0.25, -0.2) is 4.79 Å². The number of carbonyl (C=O) groups is 1. The lowest BCUT2D eigenvalue weighted by Gasteiger charge is -2.10. The highest BCUT2D eigenvalue weighted by atomic mass is 16.5. The third-order valence-corrected chi connectivity index (χ3v) is 2.36. The number of hydrogen-bond acceptors (Lipinski definition) is 4. The molecule has 0 atom stereocenters. The summed E-state index contributed by atoms with van der Waals surface area (Å²) >= 11 is 0. The Kier molecular flexibility index (Phi) is 6.50. The van der Waals surface area contributed by atoms with Crippen LogP contribution in [0.4, 0.5) is 0 Å². The highest BCUT2D eigenvalue weighted by molar-refractivity contribution is 5.90. The van der Waals surface area contributed by atoms with Crippen LogP contribution in [-0.2, 0) is 4.74 Å². The molecule has 0 N–H and O–H groups in total. The summed E-state index contributed by atoms with van der Waals surface area (Å²) in [5.41, 5.74) is 0.421. The van der Waals surface area contributed by atoms with E-state index in [0.29, 0.717) is 30.3 Å². The zero-order valence-electron chi connectivity index (χ0n) is 11.5. The lowest BCUT2D eigenvalue weighted by molar-refractivity contribution is 0.0599. The molecule has 0 unspecified atom stereocenters. The maximum atomic E-state index is 11.6. The number of esters is 1. The maximum absolute atomic E-state index is 11.6. The zero-order chi connectivity index (χ0) is 14.1. The molecule has 0 spiro atoms. The normalized spacial score (nSPS) is 9.79. The van der Waals surface area contributed by atoms with Crippen LogP contribution in [0.5, 0.6) is 11.5 Å². The molecule has 0 saturated heterocycles. The average molecular weight is 264 g/mol. The van der Waals surface area contributed by atoms with Crippen molar-refractivity contribution in [2.24, 2.45) is 0 Å². The van der Waals surface area contributed by atoms with Gasteiger partial charge in [0.2, 0.25) is 0 Å². The Bertz CT molecular complexity index is 426. The molecule has 1 rings (SSSR count). The molecule has 4 heteroatoms. The van der Waals surface area contributed by atoms with Gasteiger partial charge in [-0.05, 0) is 25.0 Å². The molecule has 0 fully saturated rings. The van der Waals surface area contributed by atoms with E-state index >= 15 is 0 Å². The third-order valence-electron chi connectivity index (χ3n) is 2.36. The second kappa shape index (κ2) is 8.19. The van der Waals surface area contributed by atoms with Crippen molar-refractivity contribution >= 4 is 5.97 Å². The minimum atomic E-state index is -0.407. The summed E-state index contributed by atoms with van der Waals surface area (Å²) in [7, 11) is 1.35. The fourth-order valence-corrected chi connectivity index (χ4v) is 1.45. The van der Waals surface area contributed by atoms with Crippen molar-refractivity contribution in [1.29, 1.82) is 0 Å². The topological polar surface area (TPSA) is 44.8 Å². The van der Waals surface area contributed by atoms with E-state index in [4.69, 9.17) is 14.2 Å². The lowest BCUT2D eigenvalue weighted by Crippen LogP contribution is -2.04. The van der Waals surface area contributed by atoms with Crippen molar-refractivity contribution in [1.82, 2.24) is 0 Å². The molecule has 0 amide bonds. The van der Waals surface area contributed by atoms with Crippen molar-refractivity contribution in [2.75, 3.05) is 20.3 Å². The van der Waals surface area contributed by atoms with Crippen LogP contribution in [0, 0.1) is 0 Å². The number of benzene rings is 1. The largest absolute Gasteiger partial charge is 0.493 e. The first-order valence-electron chi connectivity index (χ1n) is 6.31. The Balaban J connectivity index is 2.88. The number of methoxy groups -OCH3 is 1. The van der Waals surface area contributed by atoms with E-state index in [-0.39, 0.29) is 0 Å². The van der Waals surface area contributed by atoms with E-state index < -0.39 is 5.97 Å². The van der Waals surface area contributed by atoms with Crippen LogP contribution in [0.25, 0.3) is 0 Å². The summed E-state index contributed by atoms with van der Waals surface area (Å²) in [6, 6.07) is 5.07. The number of rotatable bonds is 8. The second-order valence-corrected chi connectivity index (χ2v) is 3.96. The summed E-state index contributed by atoms with van der Waals surface area (Å²) in [6.45, 7) is 6.76. The van der Waals surface area contributed by atoms with Crippen LogP contribution in [0.2, 0.25) is 0 Å². The molecule has 0 bridgehead atoms. The lowest BCUT2D eigenvalue weighted by atomic mass is 10.2. The Hall–Kier alpha value is -1.97. The van der Waals surface area contributed by atoms with Gasteiger partial charge in [-0.15, -0.1) is 6.58 Å². The summed E-state index contributed by atoms with van der Waals surface area (Å²) in [5.74, 6) is 0.796. The van der Waals surface area contributed by atoms with Crippen LogP contribution in [-0.4, -0.2) is 26.3 Å². The fraction of sp³-hybridized carbons (Fsp3) is 0.400. The number of hydrogen-bond donors (Lipinski definition) is 0. The predicted molar refractivity (Wildman–Crippen MR) is 73.9 cm³/mol. The quantitative estimate of drug-likeness (QED) is 0.411. The Morgan fingerprint density at radius 3 is 2.37 bits per heavy atom. The van der Waals surface area contributed by atoms with Gasteiger partial charge in [0, 0.05) is 6.07 Å². The van der Waals surface area contributed by atoms with Crippen molar-refractivity contribution in [3.8, 4) is 11.5 Å². The molecule has 1 aromatic rings. The van der Waals surface area contributed by atoms with Gasteiger partial charge in [0.15, 0.2) is 0 Å². The van der Waals surface area contributed by atoms with Crippen molar-refractivity contribution < 1.29 is 19.0 Å². The third kappa shape index (κ3) is 5.04. The average Bonchev–Trinajstić information content (AvgIpc) is 2.44. The molecule has 19 heavy (non-hydrogen) atoms. The van der Waals surface area contributed by atoms with Crippen molar-refractivity contribution in [3.05, 3.63) is 36.4 Å². The van der Waals surface area contributed by atoms with Gasteiger partial charge in [0.25, 0.3) is 0 Å². The van der Waals surface area contributed by atoms with E-state index in [1.54, 1.807) is 24.3 Å². The molecule has 4 nitrogen and oxygen atoms in total. The van der Waals surface area contributed by atoms with Crippen LogP contribution >= 0.6 is 0 Å². The molecule has 0 aromatic heterocycles. The summed E-state index contributed by atoms with van der Waals surface area (Å²) in [5, 5.41) is 0. The molecular weight excluding hydrogens is 244 g/mol. The SMILES string of the molecule is C=CCCOc1cc(OCCC)cc(C(=O)OC)c1.